The van der Waals surface area contributed by atoms with Crippen LogP contribution in [0.4, 0.5) is 18.3 Å². The molecule has 9 heteroatoms. The van der Waals surface area contributed by atoms with Gasteiger partial charge in [-0.05, 0) is 19.1 Å². The summed E-state index contributed by atoms with van der Waals surface area (Å²) in [5.41, 5.74) is -0.821. The van der Waals surface area contributed by atoms with Crippen molar-refractivity contribution in [1.29, 1.82) is 0 Å². The Balaban J connectivity index is 1.34. The summed E-state index contributed by atoms with van der Waals surface area (Å²) in [5, 5.41) is 1.49. The van der Waals surface area contributed by atoms with E-state index in [2.05, 4.69) is 9.88 Å². The van der Waals surface area contributed by atoms with E-state index in [0.29, 0.717) is 31.3 Å². The fourth-order valence-electron chi connectivity index (χ4n) is 3.15. The fourth-order valence-corrected chi connectivity index (χ4v) is 4.03. The van der Waals surface area contributed by atoms with E-state index in [0.717, 1.165) is 28.2 Å². The molecule has 1 fully saturated rings. The maximum atomic E-state index is 12.7. The molecule has 0 bridgehead atoms. The second-order valence-electron chi connectivity index (χ2n) is 6.33. The minimum Gasteiger partial charge on any atom is -0.449 e. The van der Waals surface area contributed by atoms with Crippen molar-refractivity contribution in [3.63, 3.8) is 0 Å². The molecule has 2 aliphatic rings. The van der Waals surface area contributed by atoms with Crippen molar-refractivity contribution in [2.24, 2.45) is 0 Å². The quantitative estimate of drug-likeness (QED) is 0.809. The first-order valence-electron chi connectivity index (χ1n) is 8.36. The second-order valence-corrected chi connectivity index (χ2v) is 7.16. The number of anilines is 1. The highest BCUT2D eigenvalue weighted by molar-refractivity contribution is 7.13. The summed E-state index contributed by atoms with van der Waals surface area (Å²) in [5.74, 6) is 1.48. The van der Waals surface area contributed by atoms with Crippen LogP contribution in [0.3, 0.4) is 0 Å². The molecule has 2 aromatic rings. The van der Waals surface area contributed by atoms with Gasteiger partial charge >= 0.3 is 6.18 Å². The molecule has 4 rings (SSSR count). The Kier molecular flexibility index (Phi) is 4.44. The third-order valence-electron chi connectivity index (χ3n) is 4.67. The number of ether oxygens (including phenoxy) is 2. The van der Waals surface area contributed by atoms with Crippen molar-refractivity contribution < 1.29 is 22.6 Å². The lowest BCUT2D eigenvalue weighted by atomic mass is 10.2. The normalized spacial score (nSPS) is 19.8. The number of hydrogen-bond donors (Lipinski definition) is 0. The molecule has 1 saturated heterocycles. The molecular weight excluding hydrogens is 367 g/mol. The van der Waals surface area contributed by atoms with Gasteiger partial charge in [0.25, 0.3) is 6.29 Å². The van der Waals surface area contributed by atoms with Gasteiger partial charge < -0.3 is 14.4 Å². The van der Waals surface area contributed by atoms with Crippen molar-refractivity contribution in [2.75, 3.05) is 31.1 Å². The number of halogens is 3. The number of aromatic nitrogens is 1. The maximum absolute atomic E-state index is 12.7. The standard InChI is InChI=1S/C17H18F3N3O2S/c1-11(15-24-12-4-2-3-5-13(12)25-15)22-6-8-23(9-7-22)16-21-14(10-26-16)17(18,19)20/h2-5,10-11,15H,6-9H2,1H3. The molecule has 0 saturated carbocycles. The number of para-hydroxylation sites is 2. The average molecular weight is 385 g/mol. The Morgan fingerprint density at radius 2 is 1.73 bits per heavy atom. The lowest BCUT2D eigenvalue weighted by molar-refractivity contribution is -0.140. The van der Waals surface area contributed by atoms with Crippen LogP contribution in [0.1, 0.15) is 12.6 Å². The molecule has 0 spiro atoms. The number of fused-ring (bicyclic) bond motifs is 1. The molecule has 0 aliphatic carbocycles. The first-order chi connectivity index (χ1) is 12.4. The molecular formula is C17H18F3N3O2S. The lowest BCUT2D eigenvalue weighted by Crippen LogP contribution is -2.54. The number of piperazine rings is 1. The Labute approximate surface area is 152 Å². The zero-order chi connectivity index (χ0) is 18.3. The molecule has 1 unspecified atom stereocenters. The summed E-state index contributed by atoms with van der Waals surface area (Å²) in [6.45, 7) is 4.70. The van der Waals surface area contributed by atoms with Gasteiger partial charge in [0.1, 0.15) is 0 Å². The van der Waals surface area contributed by atoms with Gasteiger partial charge in [-0.2, -0.15) is 13.2 Å². The zero-order valence-corrected chi connectivity index (χ0v) is 14.9. The molecule has 0 amide bonds. The summed E-state index contributed by atoms with van der Waals surface area (Å²) < 4.78 is 49.9. The van der Waals surface area contributed by atoms with Gasteiger partial charge in [0.15, 0.2) is 22.3 Å². The minimum absolute atomic E-state index is 0.0339. The monoisotopic (exact) mass is 385 g/mol. The molecule has 1 aromatic carbocycles. The van der Waals surface area contributed by atoms with E-state index in [1.54, 1.807) is 0 Å². The summed E-state index contributed by atoms with van der Waals surface area (Å²) >= 11 is 1.04. The maximum Gasteiger partial charge on any atom is 0.434 e. The highest BCUT2D eigenvalue weighted by Crippen LogP contribution is 2.36. The van der Waals surface area contributed by atoms with Crippen molar-refractivity contribution >= 4 is 16.5 Å². The number of benzene rings is 1. The number of nitrogens with zero attached hydrogens (tertiary/aromatic N) is 3. The molecule has 26 heavy (non-hydrogen) atoms. The minimum atomic E-state index is -4.39. The van der Waals surface area contributed by atoms with Gasteiger partial charge in [-0.1, -0.05) is 12.1 Å². The summed E-state index contributed by atoms with van der Waals surface area (Å²) in [4.78, 5) is 7.86. The first-order valence-corrected chi connectivity index (χ1v) is 9.24. The van der Waals surface area contributed by atoms with Crippen LogP contribution in [0.15, 0.2) is 29.6 Å². The van der Waals surface area contributed by atoms with E-state index < -0.39 is 11.9 Å². The number of rotatable bonds is 3. The van der Waals surface area contributed by atoms with Gasteiger partial charge in [-0.3, -0.25) is 4.90 Å². The predicted octanol–water partition coefficient (Wildman–Crippen LogP) is 3.47. The molecule has 0 N–H and O–H groups in total. The van der Waals surface area contributed by atoms with Crippen LogP contribution in [0.25, 0.3) is 0 Å². The van der Waals surface area contributed by atoms with E-state index in [1.807, 2.05) is 36.1 Å². The lowest BCUT2D eigenvalue weighted by Gasteiger charge is -2.38. The third-order valence-corrected chi connectivity index (χ3v) is 5.57. The Bertz CT molecular complexity index is 750. The van der Waals surface area contributed by atoms with Crippen LogP contribution in [0.2, 0.25) is 0 Å². The van der Waals surface area contributed by atoms with Crippen LogP contribution in [0, 0.1) is 0 Å². The Morgan fingerprint density at radius 3 is 2.27 bits per heavy atom. The molecule has 140 valence electrons. The van der Waals surface area contributed by atoms with E-state index in [1.165, 1.54) is 0 Å². The van der Waals surface area contributed by atoms with Crippen molar-refractivity contribution in [3.05, 3.63) is 35.3 Å². The van der Waals surface area contributed by atoms with Crippen LogP contribution >= 0.6 is 11.3 Å². The highest BCUT2D eigenvalue weighted by atomic mass is 32.1. The highest BCUT2D eigenvalue weighted by Gasteiger charge is 2.36. The van der Waals surface area contributed by atoms with Crippen molar-refractivity contribution in [3.8, 4) is 11.5 Å². The van der Waals surface area contributed by atoms with E-state index in [4.69, 9.17) is 9.47 Å². The van der Waals surface area contributed by atoms with Crippen LogP contribution in [0.5, 0.6) is 11.5 Å². The molecule has 2 aliphatic heterocycles. The molecule has 1 atom stereocenters. The van der Waals surface area contributed by atoms with Gasteiger partial charge in [0, 0.05) is 31.6 Å². The molecule has 0 radical (unpaired) electrons. The van der Waals surface area contributed by atoms with Crippen LogP contribution < -0.4 is 14.4 Å². The number of hydrogen-bond acceptors (Lipinski definition) is 6. The topological polar surface area (TPSA) is 37.8 Å². The SMILES string of the molecule is CC(C1Oc2ccccc2O1)N1CCN(c2nc(C(F)(F)F)cs2)CC1. The summed E-state index contributed by atoms with van der Waals surface area (Å²) in [6.07, 6.45) is -4.77. The molecule has 3 heterocycles. The molecule has 5 nitrogen and oxygen atoms in total. The smallest absolute Gasteiger partial charge is 0.434 e. The third kappa shape index (κ3) is 3.33. The van der Waals surface area contributed by atoms with Crippen LogP contribution in [-0.2, 0) is 6.18 Å². The van der Waals surface area contributed by atoms with Crippen molar-refractivity contribution in [1.82, 2.24) is 9.88 Å². The number of alkyl halides is 3. The summed E-state index contributed by atoms with van der Waals surface area (Å²) in [7, 11) is 0. The second kappa shape index (κ2) is 6.62. The number of thiazole rings is 1. The van der Waals surface area contributed by atoms with E-state index in [-0.39, 0.29) is 12.3 Å². The van der Waals surface area contributed by atoms with E-state index in [9.17, 15) is 13.2 Å². The van der Waals surface area contributed by atoms with Gasteiger partial charge in [-0.15, -0.1) is 11.3 Å². The van der Waals surface area contributed by atoms with Crippen LogP contribution in [-0.4, -0.2) is 48.4 Å². The first kappa shape index (κ1) is 17.4. The van der Waals surface area contributed by atoms with Gasteiger partial charge in [0.2, 0.25) is 0 Å². The van der Waals surface area contributed by atoms with Gasteiger partial charge in [-0.25, -0.2) is 4.98 Å². The Hall–Kier alpha value is -2.00. The largest absolute Gasteiger partial charge is 0.449 e. The van der Waals surface area contributed by atoms with Gasteiger partial charge in [0.05, 0.1) is 6.04 Å². The van der Waals surface area contributed by atoms with Crippen molar-refractivity contribution in [2.45, 2.75) is 25.4 Å². The average Bonchev–Trinajstić information content (AvgIpc) is 3.28. The molecule has 1 aromatic heterocycles. The fraction of sp³-hybridized carbons (Fsp3) is 0.471. The summed E-state index contributed by atoms with van der Waals surface area (Å²) in [6, 6.07) is 7.59. The Morgan fingerprint density at radius 1 is 1.12 bits per heavy atom. The zero-order valence-electron chi connectivity index (χ0n) is 14.1. The van der Waals surface area contributed by atoms with E-state index >= 15 is 0 Å². The predicted molar refractivity (Wildman–Crippen MR) is 91.9 cm³/mol.